The molecule has 1 aromatic carbocycles. The summed E-state index contributed by atoms with van der Waals surface area (Å²) in [6.07, 6.45) is 0.937. The Labute approximate surface area is 121 Å². The van der Waals surface area contributed by atoms with Crippen LogP contribution in [0.1, 0.15) is 22.5 Å². The van der Waals surface area contributed by atoms with E-state index in [-0.39, 0.29) is 0 Å². The zero-order valence-electron chi connectivity index (χ0n) is 12.3. The van der Waals surface area contributed by atoms with E-state index >= 15 is 0 Å². The minimum absolute atomic E-state index is 0.695. The van der Waals surface area contributed by atoms with Crippen LogP contribution >= 0.6 is 0 Å². The smallest absolute Gasteiger partial charge is 0.0547 e. The zero-order chi connectivity index (χ0) is 14.4. The molecule has 2 aromatic rings. The molecule has 0 unspecified atom stereocenters. The van der Waals surface area contributed by atoms with Gasteiger partial charge in [0.05, 0.1) is 5.69 Å². The lowest BCUT2D eigenvalue weighted by Gasteiger charge is -2.18. The molecule has 1 heterocycles. The second kappa shape index (κ2) is 7.17. The van der Waals surface area contributed by atoms with Gasteiger partial charge in [-0.25, -0.2) is 0 Å². The molecule has 0 aliphatic heterocycles. The van der Waals surface area contributed by atoms with Gasteiger partial charge in [0.25, 0.3) is 0 Å². The fraction of sp³-hybridized carbons (Fsp3) is 0.353. The largest absolute Gasteiger partial charge is 0.330 e. The van der Waals surface area contributed by atoms with Gasteiger partial charge in [0, 0.05) is 18.8 Å². The molecular weight excluding hydrogens is 246 g/mol. The lowest BCUT2D eigenvalue weighted by molar-refractivity contribution is 0.314. The Bertz CT molecular complexity index is 551. The molecular formula is C17H23N3. The Morgan fingerprint density at radius 2 is 1.75 bits per heavy atom. The van der Waals surface area contributed by atoms with Crippen molar-refractivity contribution in [1.82, 2.24) is 9.88 Å². The van der Waals surface area contributed by atoms with Crippen LogP contribution in [-0.4, -0.2) is 23.5 Å². The van der Waals surface area contributed by atoms with Crippen molar-refractivity contribution in [2.75, 3.05) is 13.6 Å². The molecule has 3 nitrogen and oxygen atoms in total. The highest BCUT2D eigenvalue weighted by Crippen LogP contribution is 2.13. The summed E-state index contributed by atoms with van der Waals surface area (Å²) in [7, 11) is 2.13. The maximum absolute atomic E-state index is 5.68. The van der Waals surface area contributed by atoms with Crippen molar-refractivity contribution in [1.29, 1.82) is 0 Å². The van der Waals surface area contributed by atoms with Crippen LogP contribution in [0.5, 0.6) is 0 Å². The number of hydrogen-bond donors (Lipinski definition) is 1. The van der Waals surface area contributed by atoms with Crippen LogP contribution in [0.3, 0.4) is 0 Å². The minimum atomic E-state index is 0.695. The monoisotopic (exact) mass is 269 g/mol. The van der Waals surface area contributed by atoms with Crippen molar-refractivity contribution < 1.29 is 0 Å². The average molecular weight is 269 g/mol. The van der Waals surface area contributed by atoms with Gasteiger partial charge in [-0.1, -0.05) is 30.3 Å². The van der Waals surface area contributed by atoms with Gasteiger partial charge in [-0.15, -0.1) is 0 Å². The predicted molar refractivity (Wildman–Crippen MR) is 83.3 cm³/mol. The molecule has 0 bridgehead atoms. The lowest BCUT2D eigenvalue weighted by Crippen LogP contribution is -2.19. The van der Waals surface area contributed by atoms with Crippen LogP contribution in [0.25, 0.3) is 0 Å². The minimum Gasteiger partial charge on any atom is -0.330 e. The van der Waals surface area contributed by atoms with Crippen LogP contribution in [-0.2, 0) is 19.5 Å². The van der Waals surface area contributed by atoms with Gasteiger partial charge >= 0.3 is 0 Å². The van der Waals surface area contributed by atoms with E-state index < -0.39 is 0 Å². The van der Waals surface area contributed by atoms with Crippen molar-refractivity contribution in [3.63, 3.8) is 0 Å². The van der Waals surface area contributed by atoms with E-state index in [0.717, 1.165) is 30.9 Å². The van der Waals surface area contributed by atoms with Crippen LogP contribution < -0.4 is 5.73 Å². The van der Waals surface area contributed by atoms with Gasteiger partial charge in [0.15, 0.2) is 0 Å². The summed E-state index contributed by atoms with van der Waals surface area (Å²) in [5.74, 6) is 0. The molecule has 0 atom stereocenters. The van der Waals surface area contributed by atoms with Crippen LogP contribution in [0.4, 0.5) is 0 Å². The summed E-state index contributed by atoms with van der Waals surface area (Å²) in [6.45, 7) is 4.50. The number of rotatable bonds is 6. The third-order valence-corrected chi connectivity index (χ3v) is 3.35. The lowest BCUT2D eigenvalue weighted by atomic mass is 10.0. The van der Waals surface area contributed by atoms with E-state index in [4.69, 9.17) is 5.73 Å². The number of nitrogens with two attached hydrogens (primary N) is 1. The molecule has 106 valence electrons. The maximum Gasteiger partial charge on any atom is 0.0547 e. The van der Waals surface area contributed by atoms with Gasteiger partial charge in [0.2, 0.25) is 0 Å². The first-order valence-electron chi connectivity index (χ1n) is 7.07. The van der Waals surface area contributed by atoms with Crippen molar-refractivity contribution in [3.05, 3.63) is 65.0 Å². The van der Waals surface area contributed by atoms with Gasteiger partial charge in [-0.2, -0.15) is 0 Å². The first kappa shape index (κ1) is 14.7. The predicted octanol–water partition coefficient (Wildman–Crippen LogP) is 2.52. The highest BCUT2D eigenvalue weighted by Gasteiger charge is 2.06. The van der Waals surface area contributed by atoms with Crippen LogP contribution in [0.15, 0.2) is 42.5 Å². The van der Waals surface area contributed by atoms with Crippen molar-refractivity contribution in [2.24, 2.45) is 5.73 Å². The molecule has 0 amide bonds. The van der Waals surface area contributed by atoms with Crippen molar-refractivity contribution >= 4 is 0 Å². The highest BCUT2D eigenvalue weighted by molar-refractivity contribution is 5.27. The third kappa shape index (κ3) is 4.15. The molecule has 20 heavy (non-hydrogen) atoms. The summed E-state index contributed by atoms with van der Waals surface area (Å²) in [5.41, 5.74) is 10.6. The molecule has 0 radical (unpaired) electrons. The zero-order valence-corrected chi connectivity index (χ0v) is 12.3. The number of aromatic nitrogens is 1. The molecule has 0 spiro atoms. The van der Waals surface area contributed by atoms with Crippen molar-refractivity contribution in [2.45, 2.75) is 26.4 Å². The second-order valence-electron chi connectivity index (χ2n) is 5.25. The summed E-state index contributed by atoms with van der Waals surface area (Å²) in [5, 5.41) is 0. The van der Waals surface area contributed by atoms with Crippen molar-refractivity contribution in [3.8, 4) is 0 Å². The molecule has 0 aliphatic carbocycles. The van der Waals surface area contributed by atoms with Gasteiger partial charge in [0.1, 0.15) is 0 Å². The molecule has 0 saturated heterocycles. The number of aryl methyl sites for hydroxylation is 1. The molecule has 2 rings (SSSR count). The fourth-order valence-corrected chi connectivity index (χ4v) is 2.42. The third-order valence-electron chi connectivity index (χ3n) is 3.35. The molecule has 2 N–H and O–H groups in total. The Morgan fingerprint density at radius 1 is 1.00 bits per heavy atom. The van der Waals surface area contributed by atoms with Crippen LogP contribution in [0.2, 0.25) is 0 Å². The van der Waals surface area contributed by atoms with E-state index in [1.165, 1.54) is 11.1 Å². The Balaban J connectivity index is 2.02. The number of benzene rings is 1. The van der Waals surface area contributed by atoms with Gasteiger partial charge in [-0.05, 0) is 50.2 Å². The summed E-state index contributed by atoms with van der Waals surface area (Å²) >= 11 is 0. The van der Waals surface area contributed by atoms with Crippen LogP contribution in [0, 0.1) is 6.92 Å². The topological polar surface area (TPSA) is 42.1 Å². The normalized spacial score (nSPS) is 11.0. The average Bonchev–Trinajstić information content (AvgIpc) is 2.41. The SMILES string of the molecule is Cc1cccc(CN(C)Cc2ccccc2CCN)n1. The molecule has 0 fully saturated rings. The number of nitrogens with zero attached hydrogens (tertiary/aromatic N) is 2. The summed E-state index contributed by atoms with van der Waals surface area (Å²) in [4.78, 5) is 6.84. The number of pyridine rings is 1. The first-order chi connectivity index (χ1) is 9.69. The molecule has 1 aromatic heterocycles. The van der Waals surface area contributed by atoms with E-state index in [1.807, 2.05) is 13.0 Å². The quantitative estimate of drug-likeness (QED) is 0.876. The Morgan fingerprint density at radius 3 is 2.45 bits per heavy atom. The molecule has 0 saturated carbocycles. The summed E-state index contributed by atoms with van der Waals surface area (Å²) in [6, 6.07) is 14.7. The molecule has 3 heteroatoms. The van der Waals surface area contributed by atoms with E-state index in [0.29, 0.717) is 6.54 Å². The fourth-order valence-electron chi connectivity index (χ4n) is 2.42. The Kier molecular flexibility index (Phi) is 5.27. The molecule has 0 aliphatic rings. The first-order valence-corrected chi connectivity index (χ1v) is 7.07. The Hall–Kier alpha value is -1.71. The summed E-state index contributed by atoms with van der Waals surface area (Å²) < 4.78 is 0. The van der Waals surface area contributed by atoms with Gasteiger partial charge in [-0.3, -0.25) is 9.88 Å². The second-order valence-corrected chi connectivity index (χ2v) is 5.25. The maximum atomic E-state index is 5.68. The van der Waals surface area contributed by atoms with E-state index in [2.05, 4.69) is 53.3 Å². The standard InChI is InChI=1S/C17H23N3/c1-14-6-5-9-17(19-14)13-20(2)12-16-8-4-3-7-15(16)10-11-18/h3-9H,10-13,18H2,1-2H3. The van der Waals surface area contributed by atoms with E-state index in [9.17, 15) is 0 Å². The number of hydrogen-bond acceptors (Lipinski definition) is 3. The van der Waals surface area contributed by atoms with Gasteiger partial charge < -0.3 is 5.73 Å². The highest BCUT2D eigenvalue weighted by atomic mass is 15.1. The van der Waals surface area contributed by atoms with E-state index in [1.54, 1.807) is 0 Å².